The Balaban J connectivity index is 2.05. The summed E-state index contributed by atoms with van der Waals surface area (Å²) in [5.41, 5.74) is 0.196. The van der Waals surface area contributed by atoms with Crippen molar-refractivity contribution >= 4 is 16.6 Å². The summed E-state index contributed by atoms with van der Waals surface area (Å²) in [6, 6.07) is 1.93. The molecule has 0 atom stereocenters. The molecule has 0 bridgehead atoms. The molecule has 0 unspecified atom stereocenters. The molecule has 6 nitrogen and oxygen atoms in total. The summed E-state index contributed by atoms with van der Waals surface area (Å²) >= 11 is 0. The molecule has 0 fully saturated rings. The van der Waals surface area contributed by atoms with E-state index in [1.165, 1.54) is 24.1 Å². The number of pyridine rings is 1. The van der Waals surface area contributed by atoms with Gasteiger partial charge in [-0.05, 0) is 19.1 Å². The lowest BCUT2D eigenvalue weighted by atomic mass is 10.0. The maximum atomic E-state index is 13.6. The molecule has 8 heteroatoms. The predicted molar refractivity (Wildman–Crippen MR) is 77.0 cm³/mol. The molecule has 3 rings (SSSR count). The van der Waals surface area contributed by atoms with Gasteiger partial charge in [0.25, 0.3) is 0 Å². The molecule has 0 aliphatic heterocycles. The highest BCUT2D eigenvalue weighted by atomic mass is 19.2. The standard InChI is InChI=1S/C15H12F2N4O2/c1-8(22)11-5-18-15(23-6-14-19-7-21(2)20-14)10-4-13(17)12(16)3-9(10)11/h3-5,7H,6H2,1-2H3. The maximum Gasteiger partial charge on any atom is 0.221 e. The number of ketones is 1. The highest BCUT2D eigenvalue weighted by molar-refractivity contribution is 6.07. The number of ether oxygens (including phenoxy) is 1. The summed E-state index contributed by atoms with van der Waals surface area (Å²) < 4.78 is 34.1. The molecule has 1 aromatic carbocycles. The van der Waals surface area contributed by atoms with Gasteiger partial charge in [0, 0.05) is 29.6 Å². The fourth-order valence-corrected chi connectivity index (χ4v) is 2.19. The van der Waals surface area contributed by atoms with Crippen molar-refractivity contribution in [2.75, 3.05) is 0 Å². The number of aromatic nitrogens is 4. The number of carbonyl (C=O) groups excluding carboxylic acids is 1. The van der Waals surface area contributed by atoms with E-state index < -0.39 is 11.6 Å². The van der Waals surface area contributed by atoms with Crippen LogP contribution in [0, 0.1) is 11.6 Å². The predicted octanol–water partition coefficient (Wildman–Crippen LogP) is 2.42. The zero-order valence-corrected chi connectivity index (χ0v) is 12.4. The van der Waals surface area contributed by atoms with Crippen molar-refractivity contribution in [3.63, 3.8) is 0 Å². The lowest BCUT2D eigenvalue weighted by Crippen LogP contribution is -2.04. The Morgan fingerprint density at radius 2 is 1.91 bits per heavy atom. The van der Waals surface area contributed by atoms with Crippen LogP contribution in [-0.2, 0) is 13.7 Å². The van der Waals surface area contributed by atoms with E-state index in [1.807, 2.05) is 0 Å². The van der Waals surface area contributed by atoms with Crippen LogP contribution >= 0.6 is 0 Å². The second-order valence-corrected chi connectivity index (χ2v) is 4.97. The summed E-state index contributed by atoms with van der Waals surface area (Å²) in [7, 11) is 1.71. The lowest BCUT2D eigenvalue weighted by molar-refractivity contribution is 0.101. The number of aryl methyl sites for hydroxylation is 1. The Kier molecular flexibility index (Phi) is 3.73. The van der Waals surface area contributed by atoms with E-state index in [0.717, 1.165) is 12.1 Å². The first-order valence-electron chi connectivity index (χ1n) is 6.71. The Morgan fingerprint density at radius 3 is 2.52 bits per heavy atom. The molecule has 0 spiro atoms. The molecule has 118 valence electrons. The van der Waals surface area contributed by atoms with Crippen LogP contribution in [0.4, 0.5) is 8.78 Å². The second kappa shape index (κ2) is 5.71. The van der Waals surface area contributed by atoms with Crippen molar-refractivity contribution in [1.29, 1.82) is 0 Å². The van der Waals surface area contributed by atoms with Gasteiger partial charge in [-0.25, -0.2) is 18.7 Å². The number of nitrogens with zero attached hydrogens (tertiary/aromatic N) is 4. The van der Waals surface area contributed by atoms with Crippen LogP contribution < -0.4 is 4.74 Å². The molecule has 0 aliphatic rings. The Hall–Kier alpha value is -2.90. The number of rotatable bonds is 4. The van der Waals surface area contributed by atoms with Gasteiger partial charge in [-0.3, -0.25) is 9.48 Å². The van der Waals surface area contributed by atoms with Crippen molar-refractivity contribution < 1.29 is 18.3 Å². The molecule has 0 radical (unpaired) electrons. The minimum absolute atomic E-state index is 0.0152. The molecule has 0 saturated carbocycles. The molecule has 3 aromatic rings. The number of Topliss-reactive ketones (excluding diaryl/α,β-unsaturated/α-hetero) is 1. The first-order chi connectivity index (χ1) is 11.0. The van der Waals surface area contributed by atoms with Crippen LogP contribution in [0.15, 0.2) is 24.7 Å². The number of benzene rings is 1. The van der Waals surface area contributed by atoms with Crippen LogP contribution in [0.3, 0.4) is 0 Å². The summed E-state index contributed by atoms with van der Waals surface area (Å²) in [6.45, 7) is 1.34. The normalized spacial score (nSPS) is 11.0. The van der Waals surface area contributed by atoms with E-state index in [4.69, 9.17) is 4.74 Å². The van der Waals surface area contributed by atoms with Crippen LogP contribution in [0.1, 0.15) is 23.1 Å². The Bertz CT molecular complexity index is 908. The Morgan fingerprint density at radius 1 is 1.22 bits per heavy atom. The third-order valence-electron chi connectivity index (χ3n) is 3.26. The van der Waals surface area contributed by atoms with Gasteiger partial charge in [-0.1, -0.05) is 0 Å². The average Bonchev–Trinajstić information content (AvgIpc) is 2.91. The molecule has 2 aromatic heterocycles. The van der Waals surface area contributed by atoms with Gasteiger partial charge < -0.3 is 4.74 Å². The third kappa shape index (κ3) is 2.87. The number of halogens is 2. The molecular weight excluding hydrogens is 306 g/mol. The van der Waals surface area contributed by atoms with E-state index in [-0.39, 0.29) is 34.6 Å². The molecule has 0 saturated heterocycles. The van der Waals surface area contributed by atoms with Crippen molar-refractivity contribution in [3.8, 4) is 5.88 Å². The van der Waals surface area contributed by atoms with E-state index in [9.17, 15) is 13.6 Å². The van der Waals surface area contributed by atoms with Crippen molar-refractivity contribution in [2.45, 2.75) is 13.5 Å². The number of hydrogen-bond donors (Lipinski definition) is 0. The number of fused-ring (bicyclic) bond motifs is 1. The van der Waals surface area contributed by atoms with Gasteiger partial charge in [0.1, 0.15) is 6.33 Å². The fourth-order valence-electron chi connectivity index (χ4n) is 2.19. The lowest BCUT2D eigenvalue weighted by Gasteiger charge is -2.10. The number of hydrogen-bond acceptors (Lipinski definition) is 5. The summed E-state index contributed by atoms with van der Waals surface area (Å²) in [5.74, 6) is -1.88. The van der Waals surface area contributed by atoms with Crippen LogP contribution in [-0.4, -0.2) is 25.5 Å². The molecule has 0 N–H and O–H groups in total. The third-order valence-corrected chi connectivity index (χ3v) is 3.26. The van der Waals surface area contributed by atoms with Gasteiger partial charge in [-0.15, -0.1) is 0 Å². The minimum atomic E-state index is -1.04. The molecule has 0 amide bonds. The van der Waals surface area contributed by atoms with E-state index >= 15 is 0 Å². The van der Waals surface area contributed by atoms with Gasteiger partial charge in [0.05, 0.1) is 0 Å². The van der Waals surface area contributed by atoms with Gasteiger partial charge in [0.15, 0.2) is 29.8 Å². The molecule has 0 aliphatic carbocycles. The molecule has 2 heterocycles. The van der Waals surface area contributed by atoms with Crippen molar-refractivity contribution in [2.24, 2.45) is 7.05 Å². The van der Waals surface area contributed by atoms with Crippen LogP contribution in [0.2, 0.25) is 0 Å². The van der Waals surface area contributed by atoms with Gasteiger partial charge in [0.2, 0.25) is 5.88 Å². The summed E-state index contributed by atoms with van der Waals surface area (Å²) in [6.07, 6.45) is 2.79. The topological polar surface area (TPSA) is 69.9 Å². The maximum absolute atomic E-state index is 13.6. The largest absolute Gasteiger partial charge is 0.469 e. The first-order valence-corrected chi connectivity index (χ1v) is 6.71. The zero-order valence-electron chi connectivity index (χ0n) is 12.4. The monoisotopic (exact) mass is 318 g/mol. The highest BCUT2D eigenvalue weighted by Gasteiger charge is 2.16. The summed E-state index contributed by atoms with van der Waals surface area (Å²) in [5, 5.41) is 4.51. The summed E-state index contributed by atoms with van der Waals surface area (Å²) in [4.78, 5) is 19.7. The second-order valence-electron chi connectivity index (χ2n) is 4.97. The van der Waals surface area contributed by atoms with Gasteiger partial charge >= 0.3 is 0 Å². The molecule has 23 heavy (non-hydrogen) atoms. The van der Waals surface area contributed by atoms with Crippen LogP contribution in [0.25, 0.3) is 10.8 Å². The van der Waals surface area contributed by atoms with Crippen LogP contribution in [0.5, 0.6) is 5.88 Å². The minimum Gasteiger partial charge on any atom is -0.469 e. The Labute approximate surface area is 129 Å². The number of carbonyl (C=O) groups is 1. The van der Waals surface area contributed by atoms with E-state index in [1.54, 1.807) is 7.05 Å². The highest BCUT2D eigenvalue weighted by Crippen LogP contribution is 2.29. The smallest absolute Gasteiger partial charge is 0.221 e. The SMILES string of the molecule is CC(=O)c1cnc(OCc2ncn(C)n2)c2cc(F)c(F)cc12. The first kappa shape index (κ1) is 15.0. The fraction of sp³-hybridized carbons (Fsp3) is 0.200. The van der Waals surface area contributed by atoms with Crippen molar-refractivity contribution in [3.05, 3.63) is 47.7 Å². The quantitative estimate of drug-likeness (QED) is 0.691. The van der Waals surface area contributed by atoms with E-state index in [2.05, 4.69) is 15.1 Å². The average molecular weight is 318 g/mol. The molecular formula is C15H12F2N4O2. The van der Waals surface area contributed by atoms with Crippen molar-refractivity contribution in [1.82, 2.24) is 19.7 Å². The zero-order chi connectivity index (χ0) is 16.6. The van der Waals surface area contributed by atoms with E-state index in [0.29, 0.717) is 5.82 Å². The van der Waals surface area contributed by atoms with Gasteiger partial charge in [-0.2, -0.15) is 5.10 Å².